The number of rotatable bonds is 28. The van der Waals surface area contributed by atoms with Crippen molar-refractivity contribution in [3.05, 3.63) is 0 Å². The standard InChI is InChI=1S/C24H48O2.C7H14O2.C5H12O2/c1-3-5-7-9-11-12-13-14-15-16-17-18-20-22-24(25)26-23-21-19-10-8-6-4-2;1-2-3-4-5-6-7(8)9;1-5(2,3-6)4-7/h3-23H2,1-2H3;2-6H2,1H3,(H,8,9);6-7H,3-4H2,1-2H3. The zero-order valence-corrected chi connectivity index (χ0v) is 28.9. The molecule has 0 bridgehead atoms. The quantitative estimate of drug-likeness (QED) is 0.0608. The predicted molar refractivity (Wildman–Crippen MR) is 179 cm³/mol. The zero-order chi connectivity index (χ0) is 32.2. The van der Waals surface area contributed by atoms with Crippen LogP contribution in [0.1, 0.15) is 195 Å². The van der Waals surface area contributed by atoms with Gasteiger partial charge in [-0.1, -0.05) is 163 Å². The van der Waals surface area contributed by atoms with Gasteiger partial charge in [-0.05, 0) is 19.3 Å². The van der Waals surface area contributed by atoms with Gasteiger partial charge in [0.15, 0.2) is 0 Å². The highest BCUT2D eigenvalue weighted by Gasteiger charge is 2.13. The van der Waals surface area contributed by atoms with Crippen LogP contribution in [0.2, 0.25) is 0 Å². The van der Waals surface area contributed by atoms with Gasteiger partial charge in [0, 0.05) is 18.3 Å². The topological polar surface area (TPSA) is 104 Å². The number of unbranched alkanes of at least 4 members (excludes halogenated alkanes) is 20. The van der Waals surface area contributed by atoms with Crippen LogP contribution in [0.4, 0.5) is 0 Å². The summed E-state index contributed by atoms with van der Waals surface area (Å²) in [6.07, 6.45) is 30.1. The minimum Gasteiger partial charge on any atom is -0.481 e. The van der Waals surface area contributed by atoms with Crippen LogP contribution in [0.5, 0.6) is 0 Å². The molecule has 0 amide bonds. The molecule has 0 aliphatic carbocycles. The molecule has 0 atom stereocenters. The lowest BCUT2D eigenvalue weighted by molar-refractivity contribution is -0.144. The van der Waals surface area contributed by atoms with Crippen molar-refractivity contribution in [3.8, 4) is 0 Å². The fourth-order valence-corrected chi connectivity index (χ4v) is 4.18. The van der Waals surface area contributed by atoms with Crippen LogP contribution in [0.3, 0.4) is 0 Å². The molecule has 0 aromatic carbocycles. The van der Waals surface area contributed by atoms with Crippen LogP contribution < -0.4 is 0 Å². The fraction of sp³-hybridized carbons (Fsp3) is 0.944. The molecule has 0 spiro atoms. The van der Waals surface area contributed by atoms with Gasteiger partial charge in [0.25, 0.3) is 0 Å². The number of aliphatic hydroxyl groups excluding tert-OH is 2. The molecule has 0 heterocycles. The Morgan fingerprint density at radius 1 is 0.500 bits per heavy atom. The molecule has 6 nitrogen and oxygen atoms in total. The maximum absolute atomic E-state index is 11.7. The van der Waals surface area contributed by atoms with Crippen LogP contribution in [-0.4, -0.2) is 47.1 Å². The molecule has 0 rings (SSSR count). The number of carboxylic acid groups (broad SMARTS) is 1. The maximum Gasteiger partial charge on any atom is 0.305 e. The molecule has 254 valence electrons. The molecule has 0 aliphatic heterocycles. The van der Waals surface area contributed by atoms with E-state index in [1.54, 1.807) is 13.8 Å². The van der Waals surface area contributed by atoms with Crippen molar-refractivity contribution < 1.29 is 29.6 Å². The highest BCUT2D eigenvalue weighted by Crippen LogP contribution is 2.13. The number of hydrogen-bond donors (Lipinski definition) is 3. The Morgan fingerprint density at radius 3 is 1.14 bits per heavy atom. The molecule has 0 saturated carbocycles. The molecule has 0 radical (unpaired) electrons. The van der Waals surface area contributed by atoms with E-state index in [9.17, 15) is 9.59 Å². The summed E-state index contributed by atoms with van der Waals surface area (Å²) in [5, 5.41) is 25.1. The number of carboxylic acids is 1. The van der Waals surface area contributed by atoms with E-state index in [1.807, 2.05) is 0 Å². The van der Waals surface area contributed by atoms with Gasteiger partial charge in [-0.3, -0.25) is 9.59 Å². The number of carbonyl (C=O) groups is 2. The number of hydrogen-bond acceptors (Lipinski definition) is 5. The minimum atomic E-state index is -0.675. The second-order valence-corrected chi connectivity index (χ2v) is 12.7. The average Bonchev–Trinajstić information content (AvgIpc) is 2.98. The van der Waals surface area contributed by atoms with E-state index < -0.39 is 5.97 Å². The molecule has 42 heavy (non-hydrogen) atoms. The third-order valence-corrected chi connectivity index (χ3v) is 7.35. The SMILES string of the molecule is CC(C)(CO)CO.CCCCCCC(=O)O.CCCCCCCCCCCCCCCC(=O)OCCCCCCCC. The Kier molecular flexibility index (Phi) is 40.9. The summed E-state index contributed by atoms with van der Waals surface area (Å²) in [4.78, 5) is 21.6. The third kappa shape index (κ3) is 45.8. The summed E-state index contributed by atoms with van der Waals surface area (Å²) in [6.45, 7) is 10.9. The van der Waals surface area contributed by atoms with E-state index in [0.717, 1.165) is 32.1 Å². The highest BCUT2D eigenvalue weighted by molar-refractivity contribution is 5.69. The van der Waals surface area contributed by atoms with Gasteiger partial charge < -0.3 is 20.1 Å². The van der Waals surface area contributed by atoms with E-state index >= 15 is 0 Å². The Bertz CT molecular complexity index is 529. The van der Waals surface area contributed by atoms with E-state index in [-0.39, 0.29) is 24.6 Å². The van der Waals surface area contributed by atoms with Gasteiger partial charge in [-0.2, -0.15) is 0 Å². The van der Waals surface area contributed by atoms with E-state index in [2.05, 4.69) is 20.8 Å². The summed E-state index contributed by atoms with van der Waals surface area (Å²) >= 11 is 0. The number of aliphatic carboxylic acids is 1. The molecule has 0 saturated heterocycles. The normalized spacial score (nSPS) is 10.8. The summed E-state index contributed by atoms with van der Waals surface area (Å²) in [6, 6.07) is 0. The van der Waals surface area contributed by atoms with Crippen molar-refractivity contribution >= 4 is 11.9 Å². The summed E-state index contributed by atoms with van der Waals surface area (Å²) in [7, 11) is 0. The minimum absolute atomic E-state index is 0.0154. The average molecular weight is 603 g/mol. The summed E-state index contributed by atoms with van der Waals surface area (Å²) < 4.78 is 5.32. The zero-order valence-electron chi connectivity index (χ0n) is 28.9. The van der Waals surface area contributed by atoms with Crippen molar-refractivity contribution in [3.63, 3.8) is 0 Å². The van der Waals surface area contributed by atoms with Crippen LogP contribution in [-0.2, 0) is 14.3 Å². The molecule has 3 N–H and O–H groups in total. The van der Waals surface area contributed by atoms with Crippen LogP contribution in [0.15, 0.2) is 0 Å². The molecule has 0 unspecified atom stereocenters. The van der Waals surface area contributed by atoms with E-state index in [0.29, 0.717) is 19.4 Å². The maximum atomic E-state index is 11.7. The van der Waals surface area contributed by atoms with Crippen LogP contribution in [0.25, 0.3) is 0 Å². The Labute approximate surface area is 261 Å². The monoisotopic (exact) mass is 603 g/mol. The second kappa shape index (κ2) is 37.9. The van der Waals surface area contributed by atoms with Crippen LogP contribution >= 0.6 is 0 Å². The van der Waals surface area contributed by atoms with Crippen molar-refractivity contribution in [1.29, 1.82) is 0 Å². The summed E-state index contributed by atoms with van der Waals surface area (Å²) in [5.41, 5.74) is -0.306. The number of aliphatic hydroxyl groups is 2. The van der Waals surface area contributed by atoms with Crippen LogP contribution in [0, 0.1) is 5.41 Å². The van der Waals surface area contributed by atoms with E-state index in [1.165, 1.54) is 116 Å². The lowest BCUT2D eigenvalue weighted by atomic mass is 9.97. The fourth-order valence-electron chi connectivity index (χ4n) is 4.18. The van der Waals surface area contributed by atoms with Gasteiger partial charge in [-0.25, -0.2) is 0 Å². The number of esters is 1. The molecule has 6 heteroatoms. The lowest BCUT2D eigenvalue weighted by Crippen LogP contribution is -2.20. The van der Waals surface area contributed by atoms with Gasteiger partial charge >= 0.3 is 11.9 Å². The predicted octanol–water partition coefficient (Wildman–Crippen LogP) is 10.4. The van der Waals surface area contributed by atoms with E-state index in [4.69, 9.17) is 20.1 Å². The number of carbonyl (C=O) groups excluding carboxylic acids is 1. The first-order chi connectivity index (χ1) is 20.2. The molecule has 0 fully saturated rings. The first-order valence-corrected chi connectivity index (χ1v) is 17.8. The van der Waals surface area contributed by atoms with Crippen molar-refractivity contribution in [2.45, 2.75) is 195 Å². The first-order valence-electron chi connectivity index (χ1n) is 17.8. The molecular formula is C36H74O6. The smallest absolute Gasteiger partial charge is 0.305 e. The first kappa shape index (κ1) is 45.3. The number of ether oxygens (including phenoxy) is 1. The second-order valence-electron chi connectivity index (χ2n) is 12.7. The Hall–Kier alpha value is -1.14. The molecule has 0 aromatic rings. The Morgan fingerprint density at radius 2 is 0.810 bits per heavy atom. The van der Waals surface area contributed by atoms with Gasteiger partial charge in [0.1, 0.15) is 0 Å². The third-order valence-electron chi connectivity index (χ3n) is 7.35. The van der Waals surface area contributed by atoms with Crippen molar-refractivity contribution in [1.82, 2.24) is 0 Å². The van der Waals surface area contributed by atoms with Gasteiger partial charge in [0.05, 0.1) is 19.8 Å². The highest BCUT2D eigenvalue weighted by atomic mass is 16.5. The molecule has 0 aromatic heterocycles. The van der Waals surface area contributed by atoms with Crippen molar-refractivity contribution in [2.75, 3.05) is 19.8 Å². The Balaban J connectivity index is -0.000000771. The van der Waals surface area contributed by atoms with Gasteiger partial charge in [-0.15, -0.1) is 0 Å². The van der Waals surface area contributed by atoms with Crippen molar-refractivity contribution in [2.24, 2.45) is 5.41 Å². The lowest BCUT2D eigenvalue weighted by Gasteiger charge is -2.16. The van der Waals surface area contributed by atoms with Gasteiger partial charge in [0.2, 0.25) is 0 Å². The summed E-state index contributed by atoms with van der Waals surface area (Å²) in [5.74, 6) is -0.660. The largest absolute Gasteiger partial charge is 0.481 e. The molecular weight excluding hydrogens is 528 g/mol. The molecule has 0 aliphatic rings.